The Kier molecular flexibility index (Phi) is 5.50. The highest BCUT2D eigenvalue weighted by Gasteiger charge is 2.49. The molecule has 0 radical (unpaired) electrons. The zero-order chi connectivity index (χ0) is 20.7. The third kappa shape index (κ3) is 3.97. The van der Waals surface area contributed by atoms with Gasteiger partial charge in [-0.3, -0.25) is 14.5 Å². The van der Waals surface area contributed by atoms with E-state index in [1.807, 2.05) is 17.0 Å². The second kappa shape index (κ2) is 8.27. The third-order valence-corrected chi connectivity index (χ3v) is 7.25. The number of hydrogen-bond donors (Lipinski definition) is 0. The van der Waals surface area contributed by atoms with Crippen LogP contribution in [0.5, 0.6) is 0 Å². The maximum absolute atomic E-state index is 13.5. The number of ether oxygens (including phenoxy) is 1. The van der Waals surface area contributed by atoms with E-state index in [2.05, 4.69) is 9.80 Å². The average molecular weight is 416 g/mol. The molecule has 1 aliphatic carbocycles. The van der Waals surface area contributed by atoms with E-state index in [0.717, 1.165) is 37.9 Å². The molecule has 3 atom stereocenters. The molecule has 7 heteroatoms. The van der Waals surface area contributed by atoms with E-state index in [-0.39, 0.29) is 35.5 Å². The largest absolute Gasteiger partial charge is 0.378 e. The van der Waals surface area contributed by atoms with Crippen LogP contribution < -0.4 is 0 Å². The van der Waals surface area contributed by atoms with Gasteiger partial charge in [-0.1, -0.05) is 12.1 Å². The van der Waals surface area contributed by atoms with Crippen molar-refractivity contribution < 1.29 is 18.7 Å². The van der Waals surface area contributed by atoms with Gasteiger partial charge >= 0.3 is 0 Å². The van der Waals surface area contributed by atoms with E-state index < -0.39 is 0 Å². The molecule has 0 aromatic heterocycles. The van der Waals surface area contributed by atoms with Crippen LogP contribution in [0.15, 0.2) is 24.3 Å². The van der Waals surface area contributed by atoms with E-state index in [0.29, 0.717) is 45.3 Å². The Balaban J connectivity index is 1.31. The Morgan fingerprint density at radius 1 is 1.00 bits per heavy atom. The van der Waals surface area contributed by atoms with Crippen LogP contribution >= 0.6 is 0 Å². The smallest absolute Gasteiger partial charge is 0.236 e. The molecule has 30 heavy (non-hydrogen) atoms. The molecule has 3 aliphatic heterocycles. The molecular weight excluding hydrogens is 385 g/mol. The predicted molar refractivity (Wildman–Crippen MR) is 109 cm³/mol. The molecule has 0 bridgehead atoms. The molecule has 1 saturated carbocycles. The monoisotopic (exact) mass is 415 g/mol. The lowest BCUT2D eigenvalue weighted by molar-refractivity contribution is -0.138. The minimum absolute atomic E-state index is 0.166. The normalized spacial score (nSPS) is 29.7. The van der Waals surface area contributed by atoms with Crippen molar-refractivity contribution in [3.8, 4) is 0 Å². The molecule has 0 unspecified atom stereocenters. The quantitative estimate of drug-likeness (QED) is 0.751. The van der Waals surface area contributed by atoms with Crippen LogP contribution in [0.3, 0.4) is 0 Å². The number of halogens is 1. The van der Waals surface area contributed by atoms with Gasteiger partial charge in [0.15, 0.2) is 0 Å². The molecule has 6 nitrogen and oxygen atoms in total. The number of rotatable bonds is 4. The summed E-state index contributed by atoms with van der Waals surface area (Å²) in [4.78, 5) is 31.9. The van der Waals surface area contributed by atoms with Crippen LogP contribution in [-0.4, -0.2) is 85.0 Å². The fourth-order valence-electron chi connectivity index (χ4n) is 5.43. The van der Waals surface area contributed by atoms with Crippen molar-refractivity contribution in [2.24, 2.45) is 11.8 Å². The molecule has 4 fully saturated rings. The zero-order valence-corrected chi connectivity index (χ0v) is 17.3. The van der Waals surface area contributed by atoms with Crippen molar-refractivity contribution in [3.05, 3.63) is 35.6 Å². The lowest BCUT2D eigenvalue weighted by Crippen LogP contribution is -2.52. The van der Waals surface area contributed by atoms with Gasteiger partial charge in [0.1, 0.15) is 5.82 Å². The summed E-state index contributed by atoms with van der Waals surface area (Å²) < 4.78 is 18.8. The number of carbonyl (C=O) groups is 2. The van der Waals surface area contributed by atoms with Crippen molar-refractivity contribution in [2.75, 3.05) is 52.5 Å². The number of piperidine rings is 1. The lowest BCUT2D eigenvalue weighted by Gasteiger charge is -2.39. The number of fused-ring (bicyclic) bond motifs is 1. The van der Waals surface area contributed by atoms with E-state index in [1.54, 1.807) is 0 Å². The van der Waals surface area contributed by atoms with Crippen LogP contribution in [0.2, 0.25) is 0 Å². The van der Waals surface area contributed by atoms with Crippen LogP contribution in [0.4, 0.5) is 4.39 Å². The maximum Gasteiger partial charge on any atom is 0.236 e. The first-order valence-corrected chi connectivity index (χ1v) is 11.2. The first kappa shape index (κ1) is 19.9. The number of benzene rings is 1. The second-order valence-electron chi connectivity index (χ2n) is 9.17. The molecule has 3 heterocycles. The molecule has 2 amide bonds. The van der Waals surface area contributed by atoms with E-state index in [1.165, 1.54) is 12.1 Å². The summed E-state index contributed by atoms with van der Waals surface area (Å²) in [6.07, 6.45) is 2.92. The number of nitrogens with zero attached hydrogens (tertiary/aromatic N) is 3. The standard InChI is InChI=1S/C23H30FN3O3/c24-18-5-3-16(4-6-18)19-14-27(23(29)17-1-2-17)21-7-8-25(13-20(19)21)15-22(28)26-9-11-30-12-10-26/h3-6,17,19-21H,1-2,7-15H2/t19-,20-,21-/m1/s1. The first-order chi connectivity index (χ1) is 14.6. The Labute approximate surface area is 176 Å². The summed E-state index contributed by atoms with van der Waals surface area (Å²) in [6.45, 7) is 5.33. The van der Waals surface area contributed by atoms with Crippen molar-refractivity contribution in [2.45, 2.75) is 31.2 Å². The van der Waals surface area contributed by atoms with Gasteiger partial charge in [-0.2, -0.15) is 0 Å². The summed E-state index contributed by atoms with van der Waals surface area (Å²) in [5.74, 6) is 0.912. The molecule has 5 rings (SSSR count). The van der Waals surface area contributed by atoms with Crippen molar-refractivity contribution >= 4 is 11.8 Å². The zero-order valence-electron chi connectivity index (χ0n) is 17.3. The molecule has 1 aromatic rings. The highest BCUT2D eigenvalue weighted by atomic mass is 19.1. The minimum Gasteiger partial charge on any atom is -0.378 e. The van der Waals surface area contributed by atoms with E-state index in [4.69, 9.17) is 4.74 Å². The van der Waals surface area contributed by atoms with Gasteiger partial charge < -0.3 is 14.5 Å². The van der Waals surface area contributed by atoms with Gasteiger partial charge in [0.05, 0.1) is 19.8 Å². The number of amides is 2. The summed E-state index contributed by atoms with van der Waals surface area (Å²) >= 11 is 0. The fraction of sp³-hybridized carbons (Fsp3) is 0.652. The van der Waals surface area contributed by atoms with E-state index in [9.17, 15) is 14.0 Å². The topological polar surface area (TPSA) is 53.1 Å². The third-order valence-electron chi connectivity index (χ3n) is 7.25. The van der Waals surface area contributed by atoms with Gasteiger partial charge in [-0.05, 0) is 37.0 Å². The maximum atomic E-state index is 13.5. The van der Waals surface area contributed by atoms with Crippen molar-refractivity contribution in [3.63, 3.8) is 0 Å². The van der Waals surface area contributed by atoms with Crippen LogP contribution in [0.1, 0.15) is 30.7 Å². The second-order valence-corrected chi connectivity index (χ2v) is 9.17. The Hall–Kier alpha value is -1.99. The number of morpholine rings is 1. The van der Waals surface area contributed by atoms with Crippen molar-refractivity contribution in [1.29, 1.82) is 0 Å². The number of likely N-dealkylation sites (tertiary alicyclic amines) is 2. The van der Waals surface area contributed by atoms with Gasteiger partial charge in [0.25, 0.3) is 0 Å². The Morgan fingerprint density at radius 2 is 1.73 bits per heavy atom. The predicted octanol–water partition coefficient (Wildman–Crippen LogP) is 1.71. The molecule has 3 saturated heterocycles. The Morgan fingerprint density at radius 3 is 2.43 bits per heavy atom. The molecule has 4 aliphatic rings. The number of carbonyl (C=O) groups excluding carboxylic acids is 2. The van der Waals surface area contributed by atoms with Gasteiger partial charge in [0.2, 0.25) is 11.8 Å². The minimum atomic E-state index is -0.236. The highest BCUT2D eigenvalue weighted by Crippen LogP contribution is 2.44. The van der Waals surface area contributed by atoms with Crippen LogP contribution in [0.25, 0.3) is 0 Å². The van der Waals surface area contributed by atoms with Crippen LogP contribution in [-0.2, 0) is 14.3 Å². The summed E-state index contributed by atoms with van der Waals surface area (Å²) in [5.41, 5.74) is 1.10. The molecule has 0 N–H and O–H groups in total. The summed E-state index contributed by atoms with van der Waals surface area (Å²) in [5, 5.41) is 0. The van der Waals surface area contributed by atoms with Crippen LogP contribution in [0, 0.1) is 17.7 Å². The summed E-state index contributed by atoms with van der Waals surface area (Å²) in [6, 6.07) is 6.97. The lowest BCUT2D eigenvalue weighted by atomic mass is 9.82. The van der Waals surface area contributed by atoms with Gasteiger partial charge in [0, 0.05) is 56.5 Å². The first-order valence-electron chi connectivity index (χ1n) is 11.2. The molecular formula is C23H30FN3O3. The summed E-state index contributed by atoms with van der Waals surface area (Å²) in [7, 11) is 0. The Bertz CT molecular complexity index is 791. The average Bonchev–Trinajstić information content (AvgIpc) is 3.56. The van der Waals surface area contributed by atoms with Gasteiger partial charge in [-0.15, -0.1) is 0 Å². The SMILES string of the molecule is O=C(CN1CC[C@@H]2[C@H](C1)[C@@H](c1ccc(F)cc1)CN2C(=O)C1CC1)N1CCOCC1. The molecule has 0 spiro atoms. The highest BCUT2D eigenvalue weighted by molar-refractivity contribution is 5.82. The molecule has 1 aromatic carbocycles. The van der Waals surface area contributed by atoms with Crippen molar-refractivity contribution in [1.82, 2.24) is 14.7 Å². The van der Waals surface area contributed by atoms with E-state index >= 15 is 0 Å². The molecule has 162 valence electrons. The number of hydrogen-bond acceptors (Lipinski definition) is 4. The van der Waals surface area contributed by atoms with Gasteiger partial charge in [-0.25, -0.2) is 4.39 Å². The fourth-order valence-corrected chi connectivity index (χ4v) is 5.43.